The van der Waals surface area contributed by atoms with Gasteiger partial charge in [-0.1, -0.05) is 5.16 Å². The van der Waals surface area contributed by atoms with Crippen LogP contribution in [0.2, 0.25) is 0 Å². The molecule has 1 aromatic carbocycles. The highest BCUT2D eigenvalue weighted by atomic mass is 19.1. The van der Waals surface area contributed by atoms with Crippen molar-refractivity contribution in [1.29, 1.82) is 0 Å². The highest BCUT2D eigenvalue weighted by Crippen LogP contribution is 2.36. The third-order valence-electron chi connectivity index (χ3n) is 7.19. The Kier molecular flexibility index (Phi) is 6.52. The molecule has 0 radical (unpaired) electrons. The molecule has 0 saturated carbocycles. The van der Waals surface area contributed by atoms with Crippen molar-refractivity contribution in [3.05, 3.63) is 59.4 Å². The number of carbonyl (C=O) groups is 2. The van der Waals surface area contributed by atoms with Gasteiger partial charge >= 0.3 is 6.09 Å². The topological polar surface area (TPSA) is 141 Å². The number of hydrogen-bond donors (Lipinski definition) is 2. The summed E-state index contributed by atoms with van der Waals surface area (Å²) < 4.78 is 42.4. The van der Waals surface area contributed by atoms with Crippen LogP contribution in [0.3, 0.4) is 0 Å². The number of aromatic nitrogens is 5. The van der Waals surface area contributed by atoms with E-state index in [-0.39, 0.29) is 25.5 Å². The fourth-order valence-electron chi connectivity index (χ4n) is 5.34. The van der Waals surface area contributed by atoms with Crippen molar-refractivity contribution >= 4 is 34.1 Å². The van der Waals surface area contributed by atoms with E-state index in [0.29, 0.717) is 62.8 Å². The summed E-state index contributed by atoms with van der Waals surface area (Å²) in [6, 6.07) is 6.86. The summed E-state index contributed by atoms with van der Waals surface area (Å²) in [5, 5.41) is 15.4. The van der Waals surface area contributed by atoms with Gasteiger partial charge in [0.1, 0.15) is 23.8 Å². The van der Waals surface area contributed by atoms with Gasteiger partial charge < -0.3 is 33.7 Å². The van der Waals surface area contributed by atoms with Crippen LogP contribution >= 0.6 is 0 Å². The maximum atomic E-state index is 14.4. The minimum Gasteiger partial charge on any atom is -0.494 e. The second-order valence-electron chi connectivity index (χ2n) is 9.76. The molecule has 0 bridgehead atoms. The Hall–Kier alpha value is -5.01. The van der Waals surface area contributed by atoms with Crippen molar-refractivity contribution in [1.82, 2.24) is 34.5 Å². The smallest absolute Gasteiger partial charge is 0.405 e. The third kappa shape index (κ3) is 4.60. The highest BCUT2D eigenvalue weighted by Gasteiger charge is 2.30. The first kappa shape index (κ1) is 26.2. The van der Waals surface area contributed by atoms with Crippen LogP contribution < -0.4 is 10.1 Å². The van der Waals surface area contributed by atoms with Crippen molar-refractivity contribution in [3.8, 4) is 17.3 Å². The van der Waals surface area contributed by atoms with Gasteiger partial charge in [0.15, 0.2) is 17.2 Å². The molecule has 14 heteroatoms. The van der Waals surface area contributed by atoms with Crippen LogP contribution in [-0.2, 0) is 20.0 Å². The second kappa shape index (κ2) is 10.2. The molecule has 1 aliphatic heterocycles. The zero-order valence-electron chi connectivity index (χ0n) is 22.1. The van der Waals surface area contributed by atoms with Gasteiger partial charge in [-0.25, -0.2) is 23.5 Å². The van der Waals surface area contributed by atoms with Gasteiger partial charge in [-0.3, -0.25) is 4.79 Å². The van der Waals surface area contributed by atoms with Gasteiger partial charge in [0.25, 0.3) is 5.91 Å². The molecule has 6 rings (SSSR count). The van der Waals surface area contributed by atoms with Gasteiger partial charge in [-0.15, -0.1) is 0 Å². The normalized spacial score (nSPS) is 14.0. The van der Waals surface area contributed by atoms with Gasteiger partial charge in [-0.2, -0.15) is 0 Å². The number of methoxy groups -OCH3 is 1. The zero-order chi connectivity index (χ0) is 28.8. The summed E-state index contributed by atoms with van der Waals surface area (Å²) in [6.07, 6.45) is 0.587. The van der Waals surface area contributed by atoms with Crippen LogP contribution in [0.4, 0.5) is 13.6 Å². The SMILES string of the molecule is COc1cc(F)cc2cc(-c3nc4cc5c(nc4n3C)CCN(C[C@@H](CF)NC(=O)O)C5=O)n(Cc3ccno3)c12. The van der Waals surface area contributed by atoms with E-state index in [4.69, 9.17) is 24.3 Å². The van der Waals surface area contributed by atoms with Crippen LogP contribution in [0.25, 0.3) is 33.6 Å². The summed E-state index contributed by atoms with van der Waals surface area (Å²) in [5.74, 6) is 0.595. The number of fused-ring (bicyclic) bond motifs is 3. The van der Waals surface area contributed by atoms with Crippen LogP contribution in [0.15, 0.2) is 41.1 Å². The Bertz CT molecular complexity index is 1800. The lowest BCUT2D eigenvalue weighted by Gasteiger charge is -2.30. The molecular weight excluding hydrogens is 540 g/mol. The molecule has 41 heavy (non-hydrogen) atoms. The van der Waals surface area contributed by atoms with Gasteiger partial charge in [0.05, 0.1) is 48.4 Å². The number of rotatable bonds is 8. The molecule has 0 aliphatic carbocycles. The number of carbonyl (C=O) groups excluding carboxylic acids is 1. The molecule has 5 aromatic rings. The quantitative estimate of drug-likeness (QED) is 0.292. The Balaban J connectivity index is 1.44. The van der Waals surface area contributed by atoms with E-state index in [2.05, 4.69) is 10.5 Å². The molecule has 0 spiro atoms. The highest BCUT2D eigenvalue weighted by molar-refractivity contribution is 5.99. The minimum atomic E-state index is -1.36. The number of aryl methyl sites for hydroxylation is 1. The van der Waals surface area contributed by atoms with Gasteiger partial charge in [-0.05, 0) is 18.2 Å². The summed E-state index contributed by atoms with van der Waals surface area (Å²) in [7, 11) is 3.27. The molecule has 1 atom stereocenters. The van der Waals surface area contributed by atoms with Crippen molar-refractivity contribution < 1.29 is 32.7 Å². The van der Waals surface area contributed by atoms with E-state index in [1.165, 1.54) is 30.3 Å². The van der Waals surface area contributed by atoms with E-state index < -0.39 is 24.6 Å². The lowest BCUT2D eigenvalue weighted by atomic mass is 10.0. The summed E-state index contributed by atoms with van der Waals surface area (Å²) in [6.45, 7) is -0.515. The zero-order valence-corrected chi connectivity index (χ0v) is 22.1. The van der Waals surface area contributed by atoms with Crippen LogP contribution in [0, 0.1) is 5.82 Å². The van der Waals surface area contributed by atoms with E-state index in [1.807, 2.05) is 4.57 Å². The van der Waals surface area contributed by atoms with E-state index in [0.717, 1.165) is 0 Å². The van der Waals surface area contributed by atoms with Crippen molar-refractivity contribution in [3.63, 3.8) is 0 Å². The lowest BCUT2D eigenvalue weighted by Crippen LogP contribution is -2.48. The number of alkyl halides is 1. The molecule has 212 valence electrons. The van der Waals surface area contributed by atoms with Crippen molar-refractivity contribution in [2.24, 2.45) is 7.05 Å². The molecular formula is C27H25F2N7O5. The van der Waals surface area contributed by atoms with Crippen molar-refractivity contribution in [2.45, 2.75) is 19.0 Å². The number of amides is 2. The number of imidazole rings is 1. The van der Waals surface area contributed by atoms with E-state index >= 15 is 0 Å². The standard InChI is InChI=1S/C27H25F2N7O5/c1-34-24-20(10-18-19(32-24)4-6-35(26(18)37)12-16(11-28)31-27(38)39)33-25(34)21-8-14-7-15(29)9-22(40-2)23(14)36(21)13-17-3-5-30-41-17/h3,5,7-10,16,31H,4,6,11-13H2,1-2H3,(H,38,39)/t16-/m1/s1. The maximum absolute atomic E-state index is 14.4. The number of benzene rings is 1. The number of halogens is 2. The summed E-state index contributed by atoms with van der Waals surface area (Å²) >= 11 is 0. The Labute approximate surface area is 231 Å². The molecule has 0 saturated heterocycles. The monoisotopic (exact) mass is 565 g/mol. The molecule has 2 amide bonds. The van der Waals surface area contributed by atoms with Crippen LogP contribution in [0.5, 0.6) is 5.75 Å². The fraction of sp³-hybridized carbons (Fsp3) is 0.296. The average molecular weight is 566 g/mol. The lowest BCUT2D eigenvalue weighted by molar-refractivity contribution is 0.0712. The Morgan fingerprint density at radius 2 is 2.10 bits per heavy atom. The minimum absolute atomic E-state index is 0.104. The first-order valence-corrected chi connectivity index (χ1v) is 12.7. The van der Waals surface area contributed by atoms with Gasteiger partial charge in [0.2, 0.25) is 0 Å². The first-order chi connectivity index (χ1) is 19.8. The number of carboxylic acid groups (broad SMARTS) is 1. The number of nitrogens with one attached hydrogen (secondary N) is 1. The van der Waals surface area contributed by atoms with Crippen LogP contribution in [0.1, 0.15) is 21.8 Å². The van der Waals surface area contributed by atoms with Crippen molar-refractivity contribution in [2.75, 3.05) is 26.9 Å². The molecule has 12 nitrogen and oxygen atoms in total. The fourth-order valence-corrected chi connectivity index (χ4v) is 5.34. The van der Waals surface area contributed by atoms with E-state index in [9.17, 15) is 18.4 Å². The summed E-state index contributed by atoms with van der Waals surface area (Å²) in [4.78, 5) is 35.2. The number of pyridine rings is 1. The molecule has 2 N–H and O–H groups in total. The van der Waals surface area contributed by atoms with Gasteiger partial charge in [0, 0.05) is 44.1 Å². The molecule has 1 aliphatic rings. The van der Waals surface area contributed by atoms with Crippen LogP contribution in [-0.4, -0.2) is 79.2 Å². The average Bonchev–Trinajstić information content (AvgIpc) is 3.67. The Morgan fingerprint density at radius 3 is 2.80 bits per heavy atom. The Morgan fingerprint density at radius 1 is 1.27 bits per heavy atom. The second-order valence-corrected chi connectivity index (χ2v) is 9.76. The first-order valence-electron chi connectivity index (χ1n) is 12.7. The maximum Gasteiger partial charge on any atom is 0.405 e. The number of nitrogens with zero attached hydrogens (tertiary/aromatic N) is 6. The predicted octanol–water partition coefficient (Wildman–Crippen LogP) is 3.38. The third-order valence-corrected chi connectivity index (χ3v) is 7.19. The molecule has 5 heterocycles. The van der Waals surface area contributed by atoms with E-state index in [1.54, 1.807) is 29.8 Å². The molecule has 4 aromatic heterocycles. The molecule has 0 unspecified atom stereocenters. The molecule has 0 fully saturated rings. The predicted molar refractivity (Wildman–Crippen MR) is 142 cm³/mol. The largest absolute Gasteiger partial charge is 0.494 e. The number of ether oxygens (including phenoxy) is 1. The number of hydrogen-bond acceptors (Lipinski definition) is 7. The summed E-state index contributed by atoms with van der Waals surface area (Å²) in [5.41, 5.74) is 3.18.